The van der Waals surface area contributed by atoms with Crippen molar-refractivity contribution in [3.8, 4) is 0 Å². The van der Waals surface area contributed by atoms with Gasteiger partial charge in [-0.1, -0.05) is 43.5 Å². The van der Waals surface area contributed by atoms with E-state index in [1.807, 2.05) is 24.3 Å². The summed E-state index contributed by atoms with van der Waals surface area (Å²) in [6.07, 6.45) is 6.88. The summed E-state index contributed by atoms with van der Waals surface area (Å²) in [5.74, 6) is -0.422. The molecule has 0 bridgehead atoms. The summed E-state index contributed by atoms with van der Waals surface area (Å²) in [6.45, 7) is 0. The molecule has 162 valence electrons. The van der Waals surface area contributed by atoms with Gasteiger partial charge in [0.2, 0.25) is 0 Å². The Balaban J connectivity index is 1.61. The van der Waals surface area contributed by atoms with Crippen molar-refractivity contribution in [3.63, 3.8) is 0 Å². The number of nitrogens with one attached hydrogen (secondary N) is 1. The van der Waals surface area contributed by atoms with E-state index in [9.17, 15) is 9.18 Å². The number of carbonyl (C=O) groups is 1. The number of anilines is 1. The molecule has 0 aliphatic heterocycles. The van der Waals surface area contributed by atoms with Gasteiger partial charge >= 0.3 is 0 Å². The predicted octanol–water partition coefficient (Wildman–Crippen LogP) is 4.25. The fraction of sp³-hybridized carbons (Fsp3) is 0.250. The first kappa shape index (κ1) is 20.1. The largest absolute Gasteiger partial charge is 0.383 e. The van der Waals surface area contributed by atoms with Crippen molar-refractivity contribution < 1.29 is 9.18 Å². The first-order chi connectivity index (χ1) is 15.6. The summed E-state index contributed by atoms with van der Waals surface area (Å²) < 4.78 is 14.6. The highest BCUT2D eigenvalue weighted by molar-refractivity contribution is 6.10. The van der Waals surface area contributed by atoms with Gasteiger partial charge < -0.3 is 11.1 Å². The SMILES string of the molecule is Nc1c(C(=O)NC2CCCCC2)c2nc3ccccc3nc2n1/N=C/c1ccc(F)cc1. The summed E-state index contributed by atoms with van der Waals surface area (Å²) in [5, 5.41) is 7.57. The lowest BCUT2D eigenvalue weighted by Crippen LogP contribution is -2.36. The van der Waals surface area contributed by atoms with Crippen LogP contribution in [-0.4, -0.2) is 32.8 Å². The van der Waals surface area contributed by atoms with Crippen molar-refractivity contribution in [2.45, 2.75) is 38.1 Å². The molecule has 2 aromatic heterocycles. The Kier molecular flexibility index (Phi) is 5.26. The Hall–Kier alpha value is -3.81. The molecular formula is C24H23FN6O. The second-order valence-electron chi connectivity index (χ2n) is 8.06. The van der Waals surface area contributed by atoms with Crippen molar-refractivity contribution in [3.05, 3.63) is 65.5 Å². The molecular weight excluding hydrogens is 407 g/mol. The van der Waals surface area contributed by atoms with E-state index in [0.29, 0.717) is 27.8 Å². The van der Waals surface area contributed by atoms with E-state index in [4.69, 9.17) is 10.7 Å². The maximum atomic E-state index is 13.2. The number of hydrogen-bond donors (Lipinski definition) is 2. The number of benzene rings is 2. The molecule has 5 rings (SSSR count). The van der Waals surface area contributed by atoms with Gasteiger partial charge in [0, 0.05) is 6.04 Å². The minimum atomic E-state index is -0.327. The Morgan fingerprint density at radius 3 is 2.47 bits per heavy atom. The van der Waals surface area contributed by atoms with Crippen LogP contribution in [0.1, 0.15) is 48.0 Å². The van der Waals surface area contributed by atoms with E-state index >= 15 is 0 Å². The molecule has 0 unspecified atom stereocenters. The molecule has 4 aromatic rings. The highest BCUT2D eigenvalue weighted by atomic mass is 19.1. The molecule has 1 fully saturated rings. The van der Waals surface area contributed by atoms with Crippen molar-refractivity contribution in [2.24, 2.45) is 5.10 Å². The fourth-order valence-corrected chi connectivity index (χ4v) is 4.17. The number of nitrogens with two attached hydrogens (primary N) is 1. The Morgan fingerprint density at radius 2 is 1.75 bits per heavy atom. The molecule has 0 radical (unpaired) electrons. The topological polar surface area (TPSA) is 98.2 Å². The monoisotopic (exact) mass is 430 g/mol. The molecule has 1 saturated carbocycles. The third kappa shape index (κ3) is 3.79. The minimum Gasteiger partial charge on any atom is -0.383 e. The lowest BCUT2D eigenvalue weighted by molar-refractivity contribution is 0.0930. The zero-order chi connectivity index (χ0) is 22.1. The number of nitrogen functional groups attached to an aromatic ring is 1. The zero-order valence-corrected chi connectivity index (χ0v) is 17.5. The minimum absolute atomic E-state index is 0.130. The van der Waals surface area contributed by atoms with Crippen LogP contribution in [0.15, 0.2) is 53.6 Å². The third-order valence-electron chi connectivity index (χ3n) is 5.83. The number of rotatable bonds is 4. The first-order valence-electron chi connectivity index (χ1n) is 10.8. The van der Waals surface area contributed by atoms with Gasteiger partial charge in [-0.3, -0.25) is 4.79 Å². The highest BCUT2D eigenvalue weighted by Crippen LogP contribution is 2.28. The van der Waals surface area contributed by atoms with Crippen LogP contribution in [0, 0.1) is 5.82 Å². The number of hydrogen-bond acceptors (Lipinski definition) is 5. The van der Waals surface area contributed by atoms with Gasteiger partial charge in [0.05, 0.1) is 17.2 Å². The smallest absolute Gasteiger partial charge is 0.257 e. The number of fused-ring (bicyclic) bond motifs is 2. The number of nitrogens with zero attached hydrogens (tertiary/aromatic N) is 4. The molecule has 1 amide bonds. The zero-order valence-electron chi connectivity index (χ0n) is 17.5. The van der Waals surface area contributed by atoms with Crippen molar-refractivity contribution >= 4 is 40.1 Å². The summed E-state index contributed by atoms with van der Waals surface area (Å²) in [6, 6.07) is 13.5. The van der Waals surface area contributed by atoms with Gasteiger partial charge in [-0.05, 0) is 42.7 Å². The quantitative estimate of drug-likeness (QED) is 0.473. The Bertz CT molecular complexity index is 1320. The van der Waals surface area contributed by atoms with E-state index in [2.05, 4.69) is 15.4 Å². The number of halogens is 1. The molecule has 2 heterocycles. The van der Waals surface area contributed by atoms with E-state index in [1.54, 1.807) is 18.3 Å². The van der Waals surface area contributed by atoms with Crippen LogP contribution in [0.4, 0.5) is 10.2 Å². The Labute approximate surface area is 184 Å². The average Bonchev–Trinajstić information content (AvgIpc) is 3.08. The van der Waals surface area contributed by atoms with Crippen LogP contribution in [0.3, 0.4) is 0 Å². The van der Waals surface area contributed by atoms with Crippen LogP contribution < -0.4 is 11.1 Å². The van der Waals surface area contributed by atoms with E-state index in [1.165, 1.54) is 23.2 Å². The maximum Gasteiger partial charge on any atom is 0.257 e. The molecule has 2 aromatic carbocycles. The number of amides is 1. The summed E-state index contributed by atoms with van der Waals surface area (Å²) in [5.41, 5.74) is 9.54. The molecule has 0 spiro atoms. The normalized spacial score (nSPS) is 15.0. The summed E-state index contributed by atoms with van der Waals surface area (Å²) >= 11 is 0. The molecule has 0 saturated heterocycles. The fourth-order valence-electron chi connectivity index (χ4n) is 4.17. The van der Waals surface area contributed by atoms with Crippen LogP contribution in [-0.2, 0) is 0 Å². The second kappa shape index (κ2) is 8.37. The predicted molar refractivity (Wildman–Crippen MR) is 123 cm³/mol. The van der Waals surface area contributed by atoms with E-state index in [0.717, 1.165) is 25.7 Å². The lowest BCUT2D eigenvalue weighted by Gasteiger charge is -2.22. The lowest BCUT2D eigenvalue weighted by atomic mass is 9.95. The van der Waals surface area contributed by atoms with Crippen LogP contribution in [0.5, 0.6) is 0 Å². The van der Waals surface area contributed by atoms with E-state index < -0.39 is 0 Å². The van der Waals surface area contributed by atoms with Crippen molar-refractivity contribution in [1.82, 2.24) is 20.0 Å². The number of aromatic nitrogens is 3. The van der Waals surface area contributed by atoms with Gasteiger partial charge in [0.15, 0.2) is 5.65 Å². The first-order valence-corrected chi connectivity index (χ1v) is 10.8. The van der Waals surface area contributed by atoms with Crippen LogP contribution >= 0.6 is 0 Å². The molecule has 1 aliphatic carbocycles. The highest BCUT2D eigenvalue weighted by Gasteiger charge is 2.26. The molecule has 0 atom stereocenters. The van der Waals surface area contributed by atoms with Crippen LogP contribution in [0.25, 0.3) is 22.2 Å². The van der Waals surface area contributed by atoms with Gasteiger partial charge in [0.25, 0.3) is 5.91 Å². The second-order valence-corrected chi connectivity index (χ2v) is 8.06. The van der Waals surface area contributed by atoms with Crippen molar-refractivity contribution in [2.75, 3.05) is 5.73 Å². The molecule has 7 nitrogen and oxygen atoms in total. The Morgan fingerprint density at radius 1 is 1.06 bits per heavy atom. The third-order valence-corrected chi connectivity index (χ3v) is 5.83. The maximum absolute atomic E-state index is 13.2. The van der Waals surface area contributed by atoms with Gasteiger partial charge in [0.1, 0.15) is 22.7 Å². The van der Waals surface area contributed by atoms with Crippen LogP contribution in [0.2, 0.25) is 0 Å². The average molecular weight is 430 g/mol. The molecule has 8 heteroatoms. The van der Waals surface area contributed by atoms with Crippen molar-refractivity contribution in [1.29, 1.82) is 0 Å². The molecule has 32 heavy (non-hydrogen) atoms. The standard InChI is InChI=1S/C24H23FN6O/c25-16-12-10-15(11-13-16)14-27-31-22(26)20(24(32)28-17-6-2-1-3-7-17)21-23(31)30-19-9-5-4-8-18(19)29-21/h4-5,8-14,17H,1-3,6-7,26H2,(H,28,32)/b27-14+. The molecule has 1 aliphatic rings. The summed E-state index contributed by atoms with van der Waals surface area (Å²) in [4.78, 5) is 22.6. The van der Waals surface area contributed by atoms with Gasteiger partial charge in [-0.15, -0.1) is 0 Å². The van der Waals surface area contributed by atoms with Gasteiger partial charge in [-0.2, -0.15) is 9.78 Å². The molecule has 3 N–H and O–H groups in total. The van der Waals surface area contributed by atoms with Gasteiger partial charge in [-0.25, -0.2) is 14.4 Å². The number of carbonyl (C=O) groups excluding carboxylic acids is 1. The number of para-hydroxylation sites is 2. The summed E-state index contributed by atoms with van der Waals surface area (Å²) in [7, 11) is 0. The van der Waals surface area contributed by atoms with E-state index in [-0.39, 0.29) is 29.1 Å².